The van der Waals surface area contributed by atoms with Crippen molar-refractivity contribution in [1.82, 2.24) is 24.8 Å². The minimum atomic E-state index is -0.377. The molecule has 1 N–H and O–H groups in total. The van der Waals surface area contributed by atoms with Crippen molar-refractivity contribution in [2.24, 2.45) is 0 Å². The van der Waals surface area contributed by atoms with E-state index in [1.807, 2.05) is 17.0 Å². The van der Waals surface area contributed by atoms with Crippen molar-refractivity contribution in [2.75, 3.05) is 31.5 Å². The molecular formula is C27H26N6O2S. The minimum Gasteiger partial charge on any atom is -0.340 e. The summed E-state index contributed by atoms with van der Waals surface area (Å²) < 4.78 is 0. The number of carbonyl (C=O) groups excluding carboxylic acids is 2. The number of anilines is 1. The van der Waals surface area contributed by atoms with Gasteiger partial charge >= 0.3 is 0 Å². The number of benzene rings is 2. The zero-order valence-electron chi connectivity index (χ0n) is 19.7. The van der Waals surface area contributed by atoms with Gasteiger partial charge in [-0.2, -0.15) is 0 Å². The van der Waals surface area contributed by atoms with Crippen molar-refractivity contribution in [3.05, 3.63) is 107 Å². The molecular weight excluding hydrogens is 472 g/mol. The highest BCUT2D eigenvalue weighted by Gasteiger charge is 2.28. The van der Waals surface area contributed by atoms with Crippen LogP contribution in [0.2, 0.25) is 0 Å². The number of thiazole rings is 1. The van der Waals surface area contributed by atoms with Gasteiger partial charge in [0.2, 0.25) is 5.91 Å². The maximum atomic E-state index is 13.0. The Hall–Kier alpha value is -3.95. The van der Waals surface area contributed by atoms with Crippen LogP contribution < -0.4 is 5.32 Å². The molecule has 2 aromatic carbocycles. The van der Waals surface area contributed by atoms with E-state index < -0.39 is 0 Å². The second-order valence-electron chi connectivity index (χ2n) is 8.51. The number of piperazine rings is 1. The molecule has 3 heterocycles. The molecule has 36 heavy (non-hydrogen) atoms. The number of hydrogen-bond donors (Lipinski definition) is 1. The van der Waals surface area contributed by atoms with Gasteiger partial charge in [-0.1, -0.05) is 60.7 Å². The van der Waals surface area contributed by atoms with Crippen LogP contribution in [0.5, 0.6) is 0 Å². The molecule has 4 aromatic rings. The summed E-state index contributed by atoms with van der Waals surface area (Å²) in [7, 11) is 0. The van der Waals surface area contributed by atoms with E-state index in [1.54, 1.807) is 5.38 Å². The Morgan fingerprint density at radius 1 is 0.917 bits per heavy atom. The summed E-state index contributed by atoms with van der Waals surface area (Å²) >= 11 is 1.29. The maximum Gasteiger partial charge on any atom is 0.277 e. The Bertz CT molecular complexity index is 1250. The molecule has 0 radical (unpaired) electrons. The Morgan fingerprint density at radius 3 is 2.19 bits per heavy atom. The van der Waals surface area contributed by atoms with Gasteiger partial charge in [-0.25, -0.2) is 9.97 Å². The largest absolute Gasteiger partial charge is 0.340 e. The second-order valence-corrected chi connectivity index (χ2v) is 9.36. The van der Waals surface area contributed by atoms with Crippen LogP contribution >= 0.6 is 11.3 Å². The van der Waals surface area contributed by atoms with E-state index in [2.05, 4.69) is 73.7 Å². The molecule has 2 aromatic heterocycles. The highest BCUT2D eigenvalue weighted by molar-refractivity contribution is 7.14. The standard InChI is InChI=1S/C27H26N6O2S/c34-24(17-22-19-36-27(30-22)31-26(35)23-18-28-11-12-29-23)32-13-15-33(16-14-32)25(20-7-3-1-4-8-20)21-9-5-2-6-10-21/h1-12,18-19,25H,13-17H2,(H,30,31,35). The molecule has 9 heteroatoms. The van der Waals surface area contributed by atoms with Gasteiger partial charge in [0.15, 0.2) is 5.13 Å². The lowest BCUT2D eigenvalue weighted by Crippen LogP contribution is -2.50. The molecule has 182 valence electrons. The molecule has 2 amide bonds. The molecule has 1 saturated heterocycles. The molecule has 0 aliphatic carbocycles. The fourth-order valence-electron chi connectivity index (χ4n) is 4.40. The van der Waals surface area contributed by atoms with E-state index in [0.717, 1.165) is 13.1 Å². The first-order chi connectivity index (χ1) is 17.7. The maximum absolute atomic E-state index is 13.0. The normalized spacial score (nSPS) is 14.1. The number of rotatable bonds is 7. The Labute approximate surface area is 213 Å². The van der Waals surface area contributed by atoms with E-state index >= 15 is 0 Å². The van der Waals surface area contributed by atoms with Crippen molar-refractivity contribution in [2.45, 2.75) is 12.5 Å². The van der Waals surface area contributed by atoms with Crippen LogP contribution in [-0.2, 0) is 11.2 Å². The van der Waals surface area contributed by atoms with E-state index in [1.165, 1.54) is 41.1 Å². The van der Waals surface area contributed by atoms with Crippen LogP contribution in [0.3, 0.4) is 0 Å². The van der Waals surface area contributed by atoms with Gasteiger partial charge in [0.1, 0.15) is 5.69 Å². The molecule has 1 aliphatic rings. The number of hydrogen-bond acceptors (Lipinski definition) is 7. The number of nitrogens with one attached hydrogen (secondary N) is 1. The van der Waals surface area contributed by atoms with Crippen molar-refractivity contribution in [3.8, 4) is 0 Å². The van der Waals surface area contributed by atoms with Crippen LogP contribution in [0, 0.1) is 0 Å². The van der Waals surface area contributed by atoms with Gasteiger partial charge in [0.25, 0.3) is 5.91 Å². The Morgan fingerprint density at radius 2 is 1.58 bits per heavy atom. The average molecular weight is 499 g/mol. The van der Waals surface area contributed by atoms with Gasteiger partial charge in [0, 0.05) is 44.0 Å². The predicted molar refractivity (Wildman–Crippen MR) is 139 cm³/mol. The van der Waals surface area contributed by atoms with E-state index in [0.29, 0.717) is 23.9 Å². The zero-order chi connectivity index (χ0) is 24.7. The minimum absolute atomic E-state index is 0.0442. The van der Waals surface area contributed by atoms with Gasteiger partial charge in [0.05, 0.1) is 24.4 Å². The zero-order valence-corrected chi connectivity index (χ0v) is 20.5. The SMILES string of the molecule is O=C(Nc1nc(CC(=O)N2CCN(C(c3ccccc3)c3ccccc3)CC2)cs1)c1cnccn1. The molecule has 0 unspecified atom stereocenters. The summed E-state index contributed by atoms with van der Waals surface area (Å²) in [4.78, 5) is 41.9. The highest BCUT2D eigenvalue weighted by Crippen LogP contribution is 2.29. The smallest absolute Gasteiger partial charge is 0.277 e. The fraction of sp³-hybridized carbons (Fsp3) is 0.222. The summed E-state index contributed by atoms with van der Waals surface area (Å²) in [6, 6.07) is 21.2. The molecule has 0 atom stereocenters. The summed E-state index contributed by atoms with van der Waals surface area (Å²) in [6.07, 6.45) is 4.57. The highest BCUT2D eigenvalue weighted by atomic mass is 32.1. The van der Waals surface area contributed by atoms with Crippen LogP contribution in [0.4, 0.5) is 5.13 Å². The summed E-state index contributed by atoms with van der Waals surface area (Å²) in [6.45, 7) is 2.90. The van der Waals surface area contributed by atoms with Gasteiger partial charge < -0.3 is 4.90 Å². The Balaban J connectivity index is 1.18. The van der Waals surface area contributed by atoms with Gasteiger partial charge in [-0.15, -0.1) is 11.3 Å². The Kier molecular flexibility index (Phi) is 7.39. The van der Waals surface area contributed by atoms with E-state index in [4.69, 9.17) is 0 Å². The lowest BCUT2D eigenvalue weighted by molar-refractivity contribution is -0.132. The molecule has 8 nitrogen and oxygen atoms in total. The molecule has 5 rings (SSSR count). The average Bonchev–Trinajstić information content (AvgIpc) is 3.37. The lowest BCUT2D eigenvalue weighted by atomic mass is 9.96. The molecule has 0 saturated carbocycles. The molecule has 1 fully saturated rings. The second kappa shape index (κ2) is 11.2. The molecule has 0 spiro atoms. The fourth-order valence-corrected chi connectivity index (χ4v) is 5.11. The quantitative estimate of drug-likeness (QED) is 0.418. The predicted octanol–water partition coefficient (Wildman–Crippen LogP) is 3.66. The first kappa shape index (κ1) is 23.8. The van der Waals surface area contributed by atoms with E-state index in [9.17, 15) is 9.59 Å². The number of aromatic nitrogens is 3. The monoisotopic (exact) mass is 498 g/mol. The third-order valence-corrected chi connectivity index (χ3v) is 6.97. The molecule has 0 bridgehead atoms. The van der Waals surface area contributed by atoms with Crippen LogP contribution in [0.15, 0.2) is 84.6 Å². The van der Waals surface area contributed by atoms with Crippen LogP contribution in [0.1, 0.15) is 33.4 Å². The van der Waals surface area contributed by atoms with Gasteiger partial charge in [-0.3, -0.25) is 24.8 Å². The van der Waals surface area contributed by atoms with Crippen molar-refractivity contribution >= 4 is 28.3 Å². The van der Waals surface area contributed by atoms with Crippen LogP contribution in [-0.4, -0.2) is 62.7 Å². The topological polar surface area (TPSA) is 91.3 Å². The van der Waals surface area contributed by atoms with Crippen molar-refractivity contribution in [3.63, 3.8) is 0 Å². The lowest BCUT2D eigenvalue weighted by Gasteiger charge is -2.39. The summed E-state index contributed by atoms with van der Waals surface area (Å²) in [5.41, 5.74) is 3.37. The number of nitrogens with zero attached hydrogens (tertiary/aromatic N) is 5. The number of carbonyl (C=O) groups is 2. The van der Waals surface area contributed by atoms with Gasteiger partial charge in [-0.05, 0) is 11.1 Å². The van der Waals surface area contributed by atoms with Crippen LogP contribution in [0.25, 0.3) is 0 Å². The van der Waals surface area contributed by atoms with Crippen molar-refractivity contribution < 1.29 is 9.59 Å². The molecule has 1 aliphatic heterocycles. The van der Waals surface area contributed by atoms with Crippen molar-refractivity contribution in [1.29, 1.82) is 0 Å². The third-order valence-electron chi connectivity index (χ3n) is 6.16. The summed E-state index contributed by atoms with van der Waals surface area (Å²) in [5.74, 6) is -0.333. The first-order valence-electron chi connectivity index (χ1n) is 11.8. The first-order valence-corrected chi connectivity index (χ1v) is 12.7. The van der Waals surface area contributed by atoms with E-state index in [-0.39, 0.29) is 30.0 Å². The third kappa shape index (κ3) is 5.64. The number of amides is 2. The summed E-state index contributed by atoms with van der Waals surface area (Å²) in [5, 5.41) is 4.96.